The Labute approximate surface area is 118 Å². The van der Waals surface area contributed by atoms with E-state index in [0.29, 0.717) is 5.82 Å². The summed E-state index contributed by atoms with van der Waals surface area (Å²) in [6.45, 7) is 0.955. The molecule has 2 fully saturated rings. The topological polar surface area (TPSA) is 79.5 Å². The maximum absolute atomic E-state index is 11.1. The zero-order chi connectivity index (χ0) is 14.3. The third-order valence-electron chi connectivity index (χ3n) is 4.93. The van der Waals surface area contributed by atoms with Crippen molar-refractivity contribution in [2.45, 2.75) is 25.7 Å². The molecule has 2 saturated carbocycles. The normalized spacial score (nSPS) is 27.8. The van der Waals surface area contributed by atoms with Gasteiger partial charge in [0, 0.05) is 13.6 Å². The van der Waals surface area contributed by atoms with Gasteiger partial charge < -0.3 is 15.7 Å². The summed E-state index contributed by atoms with van der Waals surface area (Å²) < 4.78 is 0. The molecule has 3 rings (SSSR count). The Morgan fingerprint density at radius 3 is 2.90 bits per heavy atom. The summed E-state index contributed by atoms with van der Waals surface area (Å²) >= 11 is 0. The van der Waals surface area contributed by atoms with E-state index in [1.807, 2.05) is 7.05 Å². The predicted molar refractivity (Wildman–Crippen MR) is 77.8 cm³/mol. The molecule has 1 heterocycles. The van der Waals surface area contributed by atoms with Crippen LogP contribution in [-0.2, 0) is 0 Å². The van der Waals surface area contributed by atoms with Gasteiger partial charge in [-0.1, -0.05) is 6.42 Å². The lowest BCUT2D eigenvalue weighted by molar-refractivity contribution is 0.0698. The third-order valence-corrected chi connectivity index (χ3v) is 4.93. The Balaban J connectivity index is 1.72. The summed E-state index contributed by atoms with van der Waals surface area (Å²) in [5.41, 5.74) is 5.99. The van der Waals surface area contributed by atoms with Gasteiger partial charge >= 0.3 is 5.97 Å². The molecule has 3 N–H and O–H groups in total. The second-order valence-corrected chi connectivity index (χ2v) is 6.25. The summed E-state index contributed by atoms with van der Waals surface area (Å²) in [4.78, 5) is 17.4. The molecule has 1 aromatic rings. The molecule has 2 bridgehead atoms. The molecule has 108 valence electrons. The summed E-state index contributed by atoms with van der Waals surface area (Å²) in [6, 6.07) is 1.57. The Morgan fingerprint density at radius 2 is 2.30 bits per heavy atom. The van der Waals surface area contributed by atoms with Gasteiger partial charge in [0.05, 0.1) is 17.4 Å². The SMILES string of the molecule is CN(CC1CC2CCC1C2)c1cc(C(=O)O)c(N)cn1. The second-order valence-electron chi connectivity index (χ2n) is 6.25. The van der Waals surface area contributed by atoms with E-state index in [4.69, 9.17) is 10.8 Å². The largest absolute Gasteiger partial charge is 0.478 e. The molecule has 20 heavy (non-hydrogen) atoms. The fourth-order valence-electron chi connectivity index (χ4n) is 3.89. The van der Waals surface area contributed by atoms with Gasteiger partial charge in [-0.25, -0.2) is 9.78 Å². The van der Waals surface area contributed by atoms with Crippen LogP contribution in [0.3, 0.4) is 0 Å². The summed E-state index contributed by atoms with van der Waals surface area (Å²) in [6.07, 6.45) is 6.90. The Bertz CT molecular complexity index is 532. The van der Waals surface area contributed by atoms with Crippen LogP contribution in [0.4, 0.5) is 11.5 Å². The quantitative estimate of drug-likeness (QED) is 0.881. The van der Waals surface area contributed by atoms with Crippen molar-refractivity contribution in [3.8, 4) is 0 Å². The molecule has 5 heteroatoms. The summed E-state index contributed by atoms with van der Waals surface area (Å²) in [5.74, 6) is 2.20. The van der Waals surface area contributed by atoms with E-state index in [0.717, 1.165) is 24.3 Å². The number of nitrogens with two attached hydrogens (primary N) is 1. The molecule has 0 saturated heterocycles. The number of carboxylic acids is 1. The number of carbonyl (C=O) groups is 1. The third kappa shape index (κ3) is 2.32. The van der Waals surface area contributed by atoms with Crippen LogP contribution in [0, 0.1) is 17.8 Å². The highest BCUT2D eigenvalue weighted by Gasteiger charge is 2.39. The Hall–Kier alpha value is -1.78. The summed E-state index contributed by atoms with van der Waals surface area (Å²) in [5, 5.41) is 9.12. The zero-order valence-electron chi connectivity index (χ0n) is 11.7. The number of aromatic carboxylic acids is 1. The fourth-order valence-corrected chi connectivity index (χ4v) is 3.89. The van der Waals surface area contributed by atoms with E-state index in [2.05, 4.69) is 9.88 Å². The molecule has 0 aliphatic heterocycles. The minimum absolute atomic E-state index is 0.134. The average molecular weight is 275 g/mol. The number of nitrogen functional groups attached to an aromatic ring is 1. The van der Waals surface area contributed by atoms with Crippen LogP contribution >= 0.6 is 0 Å². The van der Waals surface area contributed by atoms with Crippen LogP contribution in [0.2, 0.25) is 0 Å². The van der Waals surface area contributed by atoms with E-state index >= 15 is 0 Å². The highest BCUT2D eigenvalue weighted by atomic mass is 16.4. The molecular formula is C15H21N3O2. The van der Waals surface area contributed by atoms with Crippen LogP contribution in [0.5, 0.6) is 0 Å². The second kappa shape index (κ2) is 4.96. The molecule has 1 aromatic heterocycles. The van der Waals surface area contributed by atoms with Crippen molar-refractivity contribution in [3.05, 3.63) is 17.8 Å². The lowest BCUT2D eigenvalue weighted by Gasteiger charge is -2.28. The van der Waals surface area contributed by atoms with Gasteiger partial charge in [-0.3, -0.25) is 0 Å². The number of fused-ring (bicyclic) bond motifs is 2. The van der Waals surface area contributed by atoms with Gasteiger partial charge in [0.2, 0.25) is 0 Å². The predicted octanol–water partition coefficient (Wildman–Crippen LogP) is 2.23. The van der Waals surface area contributed by atoms with Gasteiger partial charge in [-0.2, -0.15) is 0 Å². The van der Waals surface area contributed by atoms with Gasteiger partial charge in [0.1, 0.15) is 5.82 Å². The van der Waals surface area contributed by atoms with E-state index in [-0.39, 0.29) is 11.3 Å². The first-order chi connectivity index (χ1) is 9.54. The van der Waals surface area contributed by atoms with Gasteiger partial charge in [-0.15, -0.1) is 0 Å². The van der Waals surface area contributed by atoms with Crippen molar-refractivity contribution < 1.29 is 9.90 Å². The number of hydrogen-bond acceptors (Lipinski definition) is 4. The van der Waals surface area contributed by atoms with E-state index in [1.54, 1.807) is 6.07 Å². The fraction of sp³-hybridized carbons (Fsp3) is 0.600. The number of hydrogen-bond donors (Lipinski definition) is 2. The number of pyridine rings is 1. The van der Waals surface area contributed by atoms with Gasteiger partial charge in [0.25, 0.3) is 0 Å². The maximum atomic E-state index is 11.1. The maximum Gasteiger partial charge on any atom is 0.337 e. The molecule has 0 amide bonds. The summed E-state index contributed by atoms with van der Waals surface area (Å²) in [7, 11) is 1.98. The highest BCUT2D eigenvalue weighted by molar-refractivity contribution is 5.94. The molecule has 0 radical (unpaired) electrons. The van der Waals surface area contributed by atoms with Crippen molar-refractivity contribution >= 4 is 17.5 Å². The minimum atomic E-state index is -1.00. The highest BCUT2D eigenvalue weighted by Crippen LogP contribution is 2.48. The number of carboxylic acid groups (broad SMARTS) is 1. The van der Waals surface area contributed by atoms with Gasteiger partial charge in [-0.05, 0) is 43.1 Å². The number of rotatable bonds is 4. The first-order valence-electron chi connectivity index (χ1n) is 7.24. The minimum Gasteiger partial charge on any atom is -0.478 e. The molecule has 3 atom stereocenters. The molecule has 2 aliphatic rings. The van der Waals surface area contributed by atoms with Crippen LogP contribution < -0.4 is 10.6 Å². The first-order valence-corrected chi connectivity index (χ1v) is 7.24. The smallest absolute Gasteiger partial charge is 0.337 e. The van der Waals surface area contributed by atoms with Gasteiger partial charge in [0.15, 0.2) is 0 Å². The van der Waals surface area contributed by atoms with E-state index < -0.39 is 5.97 Å². The van der Waals surface area contributed by atoms with Crippen molar-refractivity contribution in [1.82, 2.24) is 4.98 Å². The van der Waals surface area contributed by atoms with Crippen molar-refractivity contribution in [2.75, 3.05) is 24.2 Å². The molecule has 2 aliphatic carbocycles. The monoisotopic (exact) mass is 275 g/mol. The molecule has 3 unspecified atom stereocenters. The first kappa shape index (κ1) is 13.2. The lowest BCUT2D eigenvalue weighted by Crippen LogP contribution is -2.29. The van der Waals surface area contributed by atoms with E-state index in [9.17, 15) is 4.79 Å². The van der Waals surface area contributed by atoms with E-state index in [1.165, 1.54) is 31.9 Å². The van der Waals surface area contributed by atoms with Crippen molar-refractivity contribution in [3.63, 3.8) is 0 Å². The van der Waals surface area contributed by atoms with Crippen LogP contribution in [0.15, 0.2) is 12.3 Å². The molecule has 0 aromatic carbocycles. The van der Waals surface area contributed by atoms with Crippen LogP contribution in [-0.4, -0.2) is 29.7 Å². The molecular weight excluding hydrogens is 254 g/mol. The van der Waals surface area contributed by atoms with Crippen LogP contribution in [0.25, 0.3) is 0 Å². The molecule has 5 nitrogen and oxygen atoms in total. The standard InChI is InChI=1S/C15H21N3O2/c1-18(8-11-5-9-2-3-10(11)4-9)14-6-12(15(19)20)13(16)7-17-14/h6-7,9-11H,2-5,8,16H2,1H3,(H,19,20). The molecule has 0 spiro atoms. The lowest BCUT2D eigenvalue weighted by atomic mass is 9.88. The van der Waals surface area contributed by atoms with Crippen molar-refractivity contribution in [1.29, 1.82) is 0 Å². The average Bonchev–Trinajstić information content (AvgIpc) is 3.01. The number of aromatic nitrogens is 1. The number of anilines is 2. The number of nitrogens with zero attached hydrogens (tertiary/aromatic N) is 2. The van der Waals surface area contributed by atoms with Crippen molar-refractivity contribution in [2.24, 2.45) is 17.8 Å². The van der Waals surface area contributed by atoms with Crippen LogP contribution in [0.1, 0.15) is 36.0 Å². The Kier molecular flexibility index (Phi) is 3.28. The zero-order valence-corrected chi connectivity index (χ0v) is 11.7. The Morgan fingerprint density at radius 1 is 1.50 bits per heavy atom.